The third-order valence-electron chi connectivity index (χ3n) is 2.55. The third kappa shape index (κ3) is 4.47. The highest BCUT2D eigenvalue weighted by Crippen LogP contribution is 2.32. The molecule has 2 rings (SSSR count). The summed E-state index contributed by atoms with van der Waals surface area (Å²) in [5, 5.41) is 1.41. The molecule has 0 aliphatic rings. The molecule has 1 nitrogen and oxygen atoms in total. The monoisotopic (exact) mass is 321 g/mol. The molecule has 0 aliphatic carbocycles. The molecule has 0 amide bonds. The van der Waals surface area contributed by atoms with Crippen LogP contribution in [0.15, 0.2) is 47.4 Å². The van der Waals surface area contributed by atoms with Crippen LogP contribution < -0.4 is 5.73 Å². The Balaban J connectivity index is 2.09. The van der Waals surface area contributed by atoms with Crippen LogP contribution in [0.2, 0.25) is 10.0 Å². The minimum Gasteiger partial charge on any atom is -0.320 e. The lowest BCUT2D eigenvalue weighted by molar-refractivity contribution is 1.30. The topological polar surface area (TPSA) is 26.0 Å². The summed E-state index contributed by atoms with van der Waals surface area (Å²) in [6, 6.07) is 13.6. The van der Waals surface area contributed by atoms with Crippen LogP contribution >= 0.6 is 35.0 Å². The molecule has 102 valence electrons. The summed E-state index contributed by atoms with van der Waals surface area (Å²) in [5.74, 6) is 6.70. The quantitative estimate of drug-likeness (QED) is 0.660. The smallest absolute Gasteiger partial charge is 0.0555 e. The average molecular weight is 322 g/mol. The standard InChI is InChI=1S/C16H13Cl2NS/c17-14-6-7-15(18)16(10-14)20-11-13-4-1-3-12(9-13)5-2-8-19/h1,3-4,6-7,9-10H,8,11,19H2. The molecule has 0 bridgehead atoms. The van der Waals surface area contributed by atoms with Gasteiger partial charge in [0, 0.05) is 21.2 Å². The summed E-state index contributed by atoms with van der Waals surface area (Å²) < 4.78 is 0. The second kappa shape index (κ2) is 7.61. The maximum Gasteiger partial charge on any atom is 0.0555 e. The second-order valence-corrected chi connectivity index (χ2v) is 5.93. The largest absolute Gasteiger partial charge is 0.320 e. The number of benzene rings is 2. The highest BCUT2D eigenvalue weighted by atomic mass is 35.5. The van der Waals surface area contributed by atoms with Gasteiger partial charge in [0.2, 0.25) is 0 Å². The summed E-state index contributed by atoms with van der Waals surface area (Å²) >= 11 is 13.8. The van der Waals surface area contributed by atoms with Crippen molar-refractivity contribution in [3.8, 4) is 11.8 Å². The molecular weight excluding hydrogens is 309 g/mol. The van der Waals surface area contributed by atoms with Gasteiger partial charge in [0.05, 0.1) is 11.6 Å². The molecular formula is C16H13Cl2NS. The molecule has 0 fully saturated rings. The van der Waals surface area contributed by atoms with Crippen molar-refractivity contribution in [3.63, 3.8) is 0 Å². The molecule has 0 heterocycles. The van der Waals surface area contributed by atoms with Gasteiger partial charge in [-0.1, -0.05) is 47.2 Å². The lowest BCUT2D eigenvalue weighted by atomic mass is 10.1. The number of hydrogen-bond donors (Lipinski definition) is 1. The van der Waals surface area contributed by atoms with E-state index in [1.807, 2.05) is 24.3 Å². The van der Waals surface area contributed by atoms with Crippen molar-refractivity contribution < 1.29 is 0 Å². The maximum atomic E-state index is 6.15. The first-order chi connectivity index (χ1) is 9.69. The molecule has 0 atom stereocenters. The summed E-state index contributed by atoms with van der Waals surface area (Å²) in [6.07, 6.45) is 0. The highest BCUT2D eigenvalue weighted by Gasteiger charge is 2.03. The summed E-state index contributed by atoms with van der Waals surface area (Å²) in [5.41, 5.74) is 7.54. The van der Waals surface area contributed by atoms with Gasteiger partial charge in [-0.2, -0.15) is 0 Å². The van der Waals surface area contributed by atoms with Gasteiger partial charge in [-0.25, -0.2) is 0 Å². The van der Waals surface area contributed by atoms with Crippen LogP contribution in [0.1, 0.15) is 11.1 Å². The van der Waals surface area contributed by atoms with E-state index in [9.17, 15) is 0 Å². The van der Waals surface area contributed by atoms with Crippen molar-refractivity contribution >= 4 is 35.0 Å². The fourth-order valence-electron chi connectivity index (χ4n) is 1.64. The number of rotatable bonds is 3. The number of hydrogen-bond acceptors (Lipinski definition) is 2. The molecule has 20 heavy (non-hydrogen) atoms. The van der Waals surface area contributed by atoms with E-state index in [0.29, 0.717) is 11.6 Å². The minimum atomic E-state index is 0.372. The van der Waals surface area contributed by atoms with E-state index >= 15 is 0 Å². The molecule has 2 aromatic rings. The van der Waals surface area contributed by atoms with Crippen LogP contribution in [0.3, 0.4) is 0 Å². The fourth-order valence-corrected chi connectivity index (χ4v) is 3.08. The SMILES string of the molecule is NCC#Cc1cccc(CSc2cc(Cl)ccc2Cl)c1. The first-order valence-corrected chi connectivity index (χ1v) is 7.79. The minimum absolute atomic E-state index is 0.372. The van der Waals surface area contributed by atoms with Gasteiger partial charge in [-0.15, -0.1) is 11.8 Å². The van der Waals surface area contributed by atoms with Crippen LogP contribution in [0, 0.1) is 11.8 Å². The van der Waals surface area contributed by atoms with Gasteiger partial charge in [0.1, 0.15) is 0 Å². The van der Waals surface area contributed by atoms with E-state index < -0.39 is 0 Å². The Kier molecular flexibility index (Phi) is 5.82. The second-order valence-electron chi connectivity index (χ2n) is 4.07. The first kappa shape index (κ1) is 15.3. The molecule has 0 aliphatic heterocycles. The van der Waals surface area contributed by atoms with Crippen LogP contribution in [0.25, 0.3) is 0 Å². The van der Waals surface area contributed by atoms with E-state index in [2.05, 4.69) is 24.0 Å². The Morgan fingerprint density at radius 2 is 1.95 bits per heavy atom. The average Bonchev–Trinajstić information content (AvgIpc) is 2.46. The van der Waals surface area contributed by atoms with Crippen LogP contribution in [-0.4, -0.2) is 6.54 Å². The lowest BCUT2D eigenvalue weighted by Gasteiger charge is -2.05. The molecule has 0 radical (unpaired) electrons. The van der Waals surface area contributed by atoms with Gasteiger partial charge in [-0.3, -0.25) is 0 Å². The van der Waals surface area contributed by atoms with Gasteiger partial charge in [0.25, 0.3) is 0 Å². The van der Waals surface area contributed by atoms with Crippen molar-refractivity contribution in [1.82, 2.24) is 0 Å². The van der Waals surface area contributed by atoms with E-state index in [-0.39, 0.29) is 0 Å². The highest BCUT2D eigenvalue weighted by molar-refractivity contribution is 7.98. The Morgan fingerprint density at radius 3 is 2.75 bits per heavy atom. The zero-order valence-electron chi connectivity index (χ0n) is 10.7. The van der Waals surface area contributed by atoms with Crippen LogP contribution in [0.5, 0.6) is 0 Å². The van der Waals surface area contributed by atoms with Gasteiger partial charge in [-0.05, 0) is 35.9 Å². The van der Waals surface area contributed by atoms with Crippen molar-refractivity contribution in [3.05, 3.63) is 63.6 Å². The molecule has 0 saturated carbocycles. The fraction of sp³-hybridized carbons (Fsp3) is 0.125. The summed E-state index contributed by atoms with van der Waals surface area (Å²) in [6.45, 7) is 0.372. The molecule has 2 N–H and O–H groups in total. The van der Waals surface area contributed by atoms with Crippen LogP contribution in [-0.2, 0) is 5.75 Å². The normalized spacial score (nSPS) is 9.95. The number of nitrogens with two attached hydrogens (primary N) is 1. The predicted octanol–water partition coefficient (Wildman–Crippen LogP) is 4.60. The predicted molar refractivity (Wildman–Crippen MR) is 88.4 cm³/mol. The van der Waals surface area contributed by atoms with E-state index in [1.165, 1.54) is 5.56 Å². The summed E-state index contributed by atoms with van der Waals surface area (Å²) in [7, 11) is 0. The van der Waals surface area contributed by atoms with Crippen molar-refractivity contribution in [2.75, 3.05) is 6.54 Å². The van der Waals surface area contributed by atoms with Gasteiger partial charge < -0.3 is 5.73 Å². The van der Waals surface area contributed by atoms with Crippen molar-refractivity contribution in [1.29, 1.82) is 0 Å². The first-order valence-electron chi connectivity index (χ1n) is 6.05. The Hall–Kier alpha value is -1.11. The Morgan fingerprint density at radius 1 is 1.10 bits per heavy atom. The molecule has 0 aromatic heterocycles. The van der Waals surface area contributed by atoms with E-state index in [4.69, 9.17) is 28.9 Å². The lowest BCUT2D eigenvalue weighted by Crippen LogP contribution is -1.93. The third-order valence-corrected chi connectivity index (χ3v) is 4.35. The number of halogens is 2. The zero-order valence-corrected chi connectivity index (χ0v) is 13.0. The molecule has 4 heteroatoms. The van der Waals surface area contributed by atoms with Crippen molar-refractivity contribution in [2.45, 2.75) is 10.6 Å². The van der Waals surface area contributed by atoms with E-state index in [1.54, 1.807) is 17.8 Å². The molecule has 0 spiro atoms. The Bertz CT molecular complexity index is 659. The molecule has 0 unspecified atom stereocenters. The van der Waals surface area contributed by atoms with Crippen molar-refractivity contribution in [2.24, 2.45) is 5.73 Å². The van der Waals surface area contributed by atoms with E-state index in [0.717, 1.165) is 21.2 Å². The molecule has 2 aromatic carbocycles. The number of thioether (sulfide) groups is 1. The van der Waals surface area contributed by atoms with Gasteiger partial charge in [0.15, 0.2) is 0 Å². The van der Waals surface area contributed by atoms with Crippen LogP contribution in [0.4, 0.5) is 0 Å². The maximum absolute atomic E-state index is 6.15. The summed E-state index contributed by atoms with van der Waals surface area (Å²) in [4.78, 5) is 0.984. The zero-order chi connectivity index (χ0) is 14.4. The molecule has 0 saturated heterocycles. The van der Waals surface area contributed by atoms with Gasteiger partial charge >= 0.3 is 0 Å². The Labute approximate surface area is 133 Å².